The van der Waals surface area contributed by atoms with Crippen molar-refractivity contribution in [3.05, 3.63) is 102 Å². The summed E-state index contributed by atoms with van der Waals surface area (Å²) < 4.78 is 25.8. The molecule has 0 spiro atoms. The number of rotatable bonds is 8. The van der Waals surface area contributed by atoms with Gasteiger partial charge in [0.1, 0.15) is 0 Å². The highest BCUT2D eigenvalue weighted by Crippen LogP contribution is 2.27. The van der Waals surface area contributed by atoms with Gasteiger partial charge < -0.3 is 5.32 Å². The molecule has 6 heteroatoms. The molecular weight excluding hydrogens is 396 g/mol. The van der Waals surface area contributed by atoms with Crippen LogP contribution in [0.4, 0.5) is 0 Å². The van der Waals surface area contributed by atoms with Crippen molar-refractivity contribution in [3.8, 4) is 0 Å². The van der Waals surface area contributed by atoms with Gasteiger partial charge in [0.15, 0.2) is 0 Å². The van der Waals surface area contributed by atoms with E-state index >= 15 is 0 Å². The van der Waals surface area contributed by atoms with Crippen LogP contribution in [0.2, 0.25) is 0 Å². The van der Waals surface area contributed by atoms with Crippen LogP contribution in [-0.2, 0) is 10.0 Å². The molecule has 0 aliphatic rings. The Morgan fingerprint density at radius 3 is 1.97 bits per heavy atom. The van der Waals surface area contributed by atoms with Gasteiger partial charge in [-0.3, -0.25) is 4.79 Å². The second-order valence-electron chi connectivity index (χ2n) is 7.23. The van der Waals surface area contributed by atoms with Crippen LogP contribution in [0.15, 0.2) is 89.8 Å². The zero-order chi connectivity index (χ0) is 21.6. The number of carbonyl (C=O) groups excluding carboxylic acids is 1. The minimum atomic E-state index is -3.59. The highest BCUT2D eigenvalue weighted by atomic mass is 32.2. The van der Waals surface area contributed by atoms with E-state index in [1.54, 1.807) is 12.1 Å². The molecule has 0 bridgehead atoms. The molecule has 0 aliphatic carbocycles. The van der Waals surface area contributed by atoms with E-state index in [0.29, 0.717) is 12.1 Å². The summed E-state index contributed by atoms with van der Waals surface area (Å²) in [7, 11) is -0.650. The Hall–Kier alpha value is -2.96. The maximum Gasteiger partial charge on any atom is 0.251 e. The number of amides is 1. The number of nitrogens with one attached hydrogen (secondary N) is 1. The van der Waals surface area contributed by atoms with Crippen molar-refractivity contribution in [3.63, 3.8) is 0 Å². The first-order valence-corrected chi connectivity index (χ1v) is 11.2. The Morgan fingerprint density at radius 1 is 0.867 bits per heavy atom. The number of nitrogens with zero attached hydrogens (tertiary/aromatic N) is 1. The van der Waals surface area contributed by atoms with Crippen molar-refractivity contribution < 1.29 is 13.2 Å². The second-order valence-corrected chi connectivity index (χ2v) is 9.39. The van der Waals surface area contributed by atoms with E-state index in [4.69, 9.17) is 0 Å². The third kappa shape index (κ3) is 5.14. The Labute approximate surface area is 178 Å². The lowest BCUT2D eigenvalue weighted by molar-refractivity contribution is 0.0952. The molecule has 0 saturated heterocycles. The summed E-state index contributed by atoms with van der Waals surface area (Å²) in [5, 5.41) is 2.93. The molecule has 3 aromatic carbocycles. The first-order valence-electron chi connectivity index (χ1n) is 9.80. The molecule has 5 nitrogen and oxygen atoms in total. The van der Waals surface area contributed by atoms with Crippen LogP contribution in [0.1, 0.15) is 33.8 Å². The molecule has 0 aromatic heterocycles. The van der Waals surface area contributed by atoms with Gasteiger partial charge in [-0.05, 0) is 35.7 Å². The van der Waals surface area contributed by atoms with Crippen LogP contribution < -0.4 is 5.32 Å². The van der Waals surface area contributed by atoms with Gasteiger partial charge >= 0.3 is 0 Å². The summed E-state index contributed by atoms with van der Waals surface area (Å²) in [6, 6.07) is 26.5. The zero-order valence-electron chi connectivity index (χ0n) is 17.2. The maximum absolute atomic E-state index is 12.6. The fourth-order valence-corrected chi connectivity index (χ4v) is 4.29. The molecule has 30 heavy (non-hydrogen) atoms. The molecule has 0 unspecified atom stereocenters. The van der Waals surface area contributed by atoms with Crippen molar-refractivity contribution >= 4 is 15.9 Å². The van der Waals surface area contributed by atoms with Gasteiger partial charge in [0.05, 0.1) is 4.90 Å². The minimum Gasteiger partial charge on any atom is -0.352 e. The number of hydrogen-bond donors (Lipinski definition) is 1. The van der Waals surface area contributed by atoms with Gasteiger partial charge in [-0.15, -0.1) is 0 Å². The molecule has 0 heterocycles. The lowest BCUT2D eigenvalue weighted by Crippen LogP contribution is -2.27. The van der Waals surface area contributed by atoms with E-state index in [9.17, 15) is 13.2 Å². The van der Waals surface area contributed by atoms with Gasteiger partial charge in [0, 0.05) is 32.1 Å². The number of carbonyl (C=O) groups is 1. The molecule has 1 amide bonds. The normalized spacial score (nSPS) is 11.6. The molecule has 156 valence electrons. The average Bonchev–Trinajstić information content (AvgIpc) is 2.77. The summed E-state index contributed by atoms with van der Waals surface area (Å²) in [5.41, 5.74) is 2.71. The summed E-state index contributed by atoms with van der Waals surface area (Å²) in [6.45, 7) is 0.470. The number of benzene rings is 3. The number of sulfonamides is 1. The first kappa shape index (κ1) is 21.7. The van der Waals surface area contributed by atoms with Gasteiger partial charge in [-0.1, -0.05) is 66.7 Å². The van der Waals surface area contributed by atoms with Crippen LogP contribution in [-0.4, -0.2) is 39.3 Å². The largest absolute Gasteiger partial charge is 0.352 e. The van der Waals surface area contributed by atoms with Crippen molar-refractivity contribution in [2.75, 3.05) is 20.6 Å². The van der Waals surface area contributed by atoms with E-state index in [-0.39, 0.29) is 16.7 Å². The van der Waals surface area contributed by atoms with Crippen LogP contribution in [0.3, 0.4) is 0 Å². The van der Waals surface area contributed by atoms with Crippen molar-refractivity contribution in [2.45, 2.75) is 17.2 Å². The second kappa shape index (κ2) is 9.69. The van der Waals surface area contributed by atoms with Gasteiger partial charge in [-0.2, -0.15) is 0 Å². The van der Waals surface area contributed by atoms with Crippen LogP contribution >= 0.6 is 0 Å². The predicted octanol–water partition coefficient (Wildman–Crippen LogP) is 3.89. The van der Waals surface area contributed by atoms with E-state index in [0.717, 1.165) is 10.7 Å². The first-order chi connectivity index (χ1) is 14.4. The van der Waals surface area contributed by atoms with Gasteiger partial charge in [0.2, 0.25) is 10.0 Å². The third-order valence-electron chi connectivity index (χ3n) is 5.00. The summed E-state index contributed by atoms with van der Waals surface area (Å²) >= 11 is 0. The Morgan fingerprint density at radius 2 is 1.43 bits per heavy atom. The Kier molecular flexibility index (Phi) is 7.03. The Balaban J connectivity index is 1.71. The minimum absolute atomic E-state index is 0.103. The van der Waals surface area contributed by atoms with Crippen molar-refractivity contribution in [1.82, 2.24) is 9.62 Å². The summed E-state index contributed by atoms with van der Waals surface area (Å²) in [4.78, 5) is 12.7. The smallest absolute Gasteiger partial charge is 0.251 e. The van der Waals surface area contributed by atoms with Crippen LogP contribution in [0.25, 0.3) is 0 Å². The average molecular weight is 423 g/mol. The highest BCUT2D eigenvalue weighted by Gasteiger charge is 2.19. The fourth-order valence-electron chi connectivity index (χ4n) is 3.34. The molecule has 3 rings (SSSR count). The quantitative estimate of drug-likeness (QED) is 0.599. The molecule has 0 atom stereocenters. The molecular formula is C24H26N2O3S. The monoisotopic (exact) mass is 422 g/mol. The van der Waals surface area contributed by atoms with E-state index in [2.05, 4.69) is 29.6 Å². The standard InChI is InChI=1S/C24H26N2O3S/c1-26(2)30(28,29)22-15-9-14-21(18-22)24(27)25-17-16-23(19-10-5-3-6-11-19)20-12-7-4-8-13-20/h3-15,18,23H,16-17H2,1-2H3,(H,25,27). The topological polar surface area (TPSA) is 66.5 Å². The lowest BCUT2D eigenvalue weighted by atomic mass is 9.88. The molecule has 3 aromatic rings. The molecule has 1 N–H and O–H groups in total. The highest BCUT2D eigenvalue weighted by molar-refractivity contribution is 7.89. The summed E-state index contributed by atoms with van der Waals surface area (Å²) in [5.74, 6) is -0.126. The van der Waals surface area contributed by atoms with Crippen LogP contribution in [0, 0.1) is 0 Å². The van der Waals surface area contributed by atoms with E-state index in [1.807, 2.05) is 36.4 Å². The van der Waals surface area contributed by atoms with Gasteiger partial charge in [0.25, 0.3) is 5.91 Å². The predicted molar refractivity (Wildman–Crippen MR) is 119 cm³/mol. The van der Waals surface area contributed by atoms with Crippen LogP contribution in [0.5, 0.6) is 0 Å². The molecule has 0 aliphatic heterocycles. The maximum atomic E-state index is 12.6. The summed E-state index contributed by atoms with van der Waals surface area (Å²) in [6.07, 6.45) is 0.732. The molecule has 0 radical (unpaired) electrons. The fraction of sp³-hybridized carbons (Fsp3) is 0.208. The lowest BCUT2D eigenvalue weighted by Gasteiger charge is -2.18. The van der Waals surface area contributed by atoms with Gasteiger partial charge in [-0.25, -0.2) is 12.7 Å². The van der Waals surface area contributed by atoms with E-state index in [1.165, 1.54) is 37.4 Å². The van der Waals surface area contributed by atoms with Crippen molar-refractivity contribution in [2.24, 2.45) is 0 Å². The van der Waals surface area contributed by atoms with E-state index < -0.39 is 10.0 Å². The SMILES string of the molecule is CN(C)S(=O)(=O)c1cccc(C(=O)NCCC(c2ccccc2)c2ccccc2)c1. The molecule has 0 fully saturated rings. The Bertz CT molecular complexity index is 1040. The van der Waals surface area contributed by atoms with Crippen molar-refractivity contribution in [1.29, 1.82) is 0 Å². The third-order valence-corrected chi connectivity index (χ3v) is 6.81. The zero-order valence-corrected chi connectivity index (χ0v) is 18.0. The molecule has 0 saturated carbocycles. The number of hydrogen-bond acceptors (Lipinski definition) is 3.